The maximum Gasteiger partial charge on any atom is 0.128 e. The van der Waals surface area contributed by atoms with E-state index in [1.807, 2.05) is 43.5 Å². The van der Waals surface area contributed by atoms with Gasteiger partial charge < -0.3 is 9.30 Å². The molecule has 1 aromatic heterocycles. The van der Waals surface area contributed by atoms with Crippen LogP contribution >= 0.6 is 11.6 Å². The Morgan fingerprint density at radius 2 is 2.16 bits per heavy atom. The van der Waals surface area contributed by atoms with Gasteiger partial charge in [-0.05, 0) is 32.9 Å². The van der Waals surface area contributed by atoms with E-state index in [0.717, 1.165) is 22.6 Å². The molecule has 0 radical (unpaired) electrons. The molecular weight excluding hydrogens is 260 g/mol. The molecule has 100 valence electrons. The van der Waals surface area contributed by atoms with E-state index in [9.17, 15) is 0 Å². The van der Waals surface area contributed by atoms with Crippen LogP contribution in [0.15, 0.2) is 18.2 Å². The second-order valence-electron chi connectivity index (χ2n) is 4.69. The number of benzene rings is 1. The van der Waals surface area contributed by atoms with Crippen LogP contribution in [0, 0.1) is 12.3 Å². The fourth-order valence-electron chi connectivity index (χ4n) is 2.03. The van der Waals surface area contributed by atoms with Crippen molar-refractivity contribution in [1.82, 2.24) is 9.55 Å². The summed E-state index contributed by atoms with van der Waals surface area (Å²) in [5, 5.41) is -0.185. The Kier molecular flexibility index (Phi) is 4.01. The van der Waals surface area contributed by atoms with Crippen LogP contribution in [0.25, 0.3) is 11.0 Å². The minimum atomic E-state index is -0.185. The van der Waals surface area contributed by atoms with E-state index in [2.05, 4.69) is 10.9 Å². The van der Waals surface area contributed by atoms with Gasteiger partial charge in [-0.2, -0.15) is 0 Å². The maximum absolute atomic E-state index is 6.16. The van der Waals surface area contributed by atoms with E-state index in [0.29, 0.717) is 6.54 Å². The highest BCUT2D eigenvalue weighted by molar-refractivity contribution is 6.20. The zero-order chi connectivity index (χ0) is 14.0. The molecule has 19 heavy (non-hydrogen) atoms. The highest BCUT2D eigenvalue weighted by Crippen LogP contribution is 2.27. The second kappa shape index (κ2) is 5.54. The average molecular weight is 277 g/mol. The molecule has 3 nitrogen and oxygen atoms in total. The largest absolute Gasteiger partial charge is 0.491 e. The molecule has 0 aliphatic carbocycles. The first-order valence-electron chi connectivity index (χ1n) is 6.27. The van der Waals surface area contributed by atoms with Gasteiger partial charge in [-0.15, -0.1) is 18.0 Å². The number of imidazole rings is 1. The van der Waals surface area contributed by atoms with Crippen molar-refractivity contribution in [1.29, 1.82) is 0 Å². The SMILES string of the molecule is C#CCn1c(C(C)Cl)nc2cc(OC(C)C)ccc21. The summed E-state index contributed by atoms with van der Waals surface area (Å²) in [6.07, 6.45) is 5.55. The number of alkyl halides is 1. The Hall–Kier alpha value is -1.66. The minimum Gasteiger partial charge on any atom is -0.491 e. The van der Waals surface area contributed by atoms with Crippen LogP contribution in [0.4, 0.5) is 0 Å². The van der Waals surface area contributed by atoms with Gasteiger partial charge in [-0.3, -0.25) is 0 Å². The fourth-order valence-corrected chi connectivity index (χ4v) is 2.20. The van der Waals surface area contributed by atoms with Gasteiger partial charge in [-0.25, -0.2) is 4.98 Å². The summed E-state index contributed by atoms with van der Waals surface area (Å²) >= 11 is 6.16. The lowest BCUT2D eigenvalue weighted by Gasteiger charge is -2.09. The molecule has 1 atom stereocenters. The number of fused-ring (bicyclic) bond motifs is 1. The molecule has 0 saturated heterocycles. The van der Waals surface area contributed by atoms with Crippen LogP contribution in [-0.4, -0.2) is 15.7 Å². The van der Waals surface area contributed by atoms with Crippen LogP contribution in [0.5, 0.6) is 5.75 Å². The van der Waals surface area contributed by atoms with Crippen molar-refractivity contribution in [2.45, 2.75) is 38.8 Å². The summed E-state index contributed by atoms with van der Waals surface area (Å²) in [4.78, 5) is 4.55. The molecule has 0 aliphatic heterocycles. The average Bonchev–Trinajstić information content (AvgIpc) is 2.67. The second-order valence-corrected chi connectivity index (χ2v) is 5.35. The molecule has 0 bridgehead atoms. The number of rotatable bonds is 4. The van der Waals surface area contributed by atoms with Gasteiger partial charge in [0.25, 0.3) is 0 Å². The van der Waals surface area contributed by atoms with Crippen LogP contribution < -0.4 is 4.74 Å². The Morgan fingerprint density at radius 1 is 1.42 bits per heavy atom. The Labute approximate surface area is 118 Å². The summed E-state index contributed by atoms with van der Waals surface area (Å²) in [5.74, 6) is 4.23. The molecule has 4 heteroatoms. The predicted molar refractivity (Wildman–Crippen MR) is 78.6 cm³/mol. The van der Waals surface area contributed by atoms with Crippen molar-refractivity contribution in [2.75, 3.05) is 0 Å². The zero-order valence-corrected chi connectivity index (χ0v) is 12.1. The summed E-state index contributed by atoms with van der Waals surface area (Å²) in [6, 6.07) is 5.82. The van der Waals surface area contributed by atoms with Gasteiger partial charge in [0.05, 0.1) is 29.1 Å². The lowest BCUT2D eigenvalue weighted by atomic mass is 10.3. The van der Waals surface area contributed by atoms with Gasteiger partial charge in [0.1, 0.15) is 11.6 Å². The summed E-state index contributed by atoms with van der Waals surface area (Å²) in [6.45, 7) is 6.34. The first-order chi connectivity index (χ1) is 9.02. The molecule has 1 heterocycles. The maximum atomic E-state index is 6.16. The zero-order valence-electron chi connectivity index (χ0n) is 11.4. The number of terminal acetylenes is 1. The van der Waals surface area contributed by atoms with E-state index in [1.54, 1.807) is 0 Å². The molecule has 0 spiro atoms. The van der Waals surface area contributed by atoms with Crippen LogP contribution in [0.1, 0.15) is 32.0 Å². The lowest BCUT2D eigenvalue weighted by Crippen LogP contribution is -2.05. The number of nitrogens with zero attached hydrogens (tertiary/aromatic N) is 2. The van der Waals surface area contributed by atoms with Gasteiger partial charge in [0.15, 0.2) is 0 Å². The fraction of sp³-hybridized carbons (Fsp3) is 0.400. The van der Waals surface area contributed by atoms with E-state index >= 15 is 0 Å². The Balaban J connectivity index is 2.53. The molecule has 2 rings (SSSR count). The van der Waals surface area contributed by atoms with Gasteiger partial charge in [0.2, 0.25) is 0 Å². The third-order valence-electron chi connectivity index (χ3n) is 2.73. The highest BCUT2D eigenvalue weighted by Gasteiger charge is 2.15. The van der Waals surface area contributed by atoms with Crippen molar-refractivity contribution in [3.8, 4) is 18.1 Å². The lowest BCUT2D eigenvalue weighted by molar-refractivity contribution is 0.242. The van der Waals surface area contributed by atoms with Gasteiger partial charge in [0, 0.05) is 6.07 Å². The summed E-state index contributed by atoms with van der Waals surface area (Å²) in [7, 11) is 0. The van der Waals surface area contributed by atoms with Gasteiger partial charge in [-0.1, -0.05) is 5.92 Å². The van der Waals surface area contributed by atoms with Crippen molar-refractivity contribution in [3.05, 3.63) is 24.0 Å². The highest BCUT2D eigenvalue weighted by atomic mass is 35.5. The Morgan fingerprint density at radius 3 is 2.74 bits per heavy atom. The van der Waals surface area contributed by atoms with Crippen LogP contribution in [0.2, 0.25) is 0 Å². The first-order valence-corrected chi connectivity index (χ1v) is 6.71. The van der Waals surface area contributed by atoms with Crippen molar-refractivity contribution < 1.29 is 4.74 Å². The minimum absolute atomic E-state index is 0.136. The molecule has 2 aromatic rings. The van der Waals surface area contributed by atoms with Crippen LogP contribution in [0.3, 0.4) is 0 Å². The third-order valence-corrected chi connectivity index (χ3v) is 2.92. The number of halogens is 1. The number of hydrogen-bond donors (Lipinski definition) is 0. The molecule has 0 fully saturated rings. The summed E-state index contributed by atoms with van der Waals surface area (Å²) < 4.78 is 7.63. The van der Waals surface area contributed by atoms with Crippen molar-refractivity contribution in [2.24, 2.45) is 0 Å². The molecule has 0 saturated carbocycles. The van der Waals surface area contributed by atoms with E-state index in [1.165, 1.54) is 0 Å². The first kappa shape index (κ1) is 13.8. The van der Waals surface area contributed by atoms with Crippen molar-refractivity contribution in [3.63, 3.8) is 0 Å². The van der Waals surface area contributed by atoms with Crippen molar-refractivity contribution >= 4 is 22.6 Å². The molecule has 0 amide bonds. The monoisotopic (exact) mass is 276 g/mol. The predicted octanol–water partition coefficient (Wildman–Crippen LogP) is 3.76. The molecule has 1 aromatic carbocycles. The standard InChI is InChI=1S/C15H17ClN2O/c1-5-8-18-14-7-6-12(19-10(2)3)9-13(14)17-15(18)11(4)16/h1,6-7,9-11H,8H2,2-4H3. The molecule has 0 aliphatic rings. The molecular formula is C15H17ClN2O. The number of hydrogen-bond acceptors (Lipinski definition) is 2. The van der Waals surface area contributed by atoms with Gasteiger partial charge >= 0.3 is 0 Å². The molecule has 1 unspecified atom stereocenters. The van der Waals surface area contributed by atoms with E-state index in [-0.39, 0.29) is 11.5 Å². The normalized spacial score (nSPS) is 12.6. The third kappa shape index (κ3) is 2.85. The van der Waals surface area contributed by atoms with Crippen LogP contribution in [-0.2, 0) is 6.54 Å². The summed E-state index contributed by atoms with van der Waals surface area (Å²) in [5.41, 5.74) is 1.84. The van der Waals surface area contributed by atoms with E-state index < -0.39 is 0 Å². The number of ether oxygens (including phenoxy) is 1. The Bertz CT molecular complexity index is 623. The smallest absolute Gasteiger partial charge is 0.128 e. The topological polar surface area (TPSA) is 27.1 Å². The molecule has 0 N–H and O–H groups in total. The number of aromatic nitrogens is 2. The van der Waals surface area contributed by atoms with E-state index in [4.69, 9.17) is 22.8 Å². The quantitative estimate of drug-likeness (QED) is 0.628.